The molecule has 2 heterocycles. The first-order valence-corrected chi connectivity index (χ1v) is 18.9. The molecule has 0 fully saturated rings. The predicted molar refractivity (Wildman–Crippen MR) is 232 cm³/mol. The van der Waals surface area contributed by atoms with E-state index < -0.39 is 6.52 Å². The van der Waals surface area contributed by atoms with Crippen LogP contribution in [0.15, 0.2) is 48.5 Å². The van der Waals surface area contributed by atoms with Gasteiger partial charge in [-0.05, 0) is 128 Å². The number of benzene rings is 4. The molecular weight excluding hydrogens is 697 g/mol. The van der Waals surface area contributed by atoms with E-state index in [0.717, 1.165) is 67.3 Å². The standard InChI is InChI=1S/C44H54N12/c1-23-15-27(5)35(28(6)16-23)47-41-51-39(52-42(55-41)48-36-29(7)17-24(2)18-30(36)8)45-13-14-46-40-53-43(49-37-31(9)19-25(3)20-32(37)10)56-44(54-40)50-38-33(11)21-26(4)22-34(38)12/h15-22H,13-14H2,1-12H3,(H3,45,47,48,51,52,55)(H3,46,49,50,53,54,56)/i13T. The molecule has 0 amide bonds. The molecule has 6 aromatic rings. The average molecular weight is 753 g/mol. The molecule has 0 bridgehead atoms. The van der Waals surface area contributed by atoms with Crippen molar-refractivity contribution in [3.63, 3.8) is 0 Å². The quantitative estimate of drug-likeness (QED) is 0.0666. The molecule has 2 aromatic heterocycles. The number of rotatable bonds is 13. The highest BCUT2D eigenvalue weighted by molar-refractivity contribution is 5.69. The van der Waals surface area contributed by atoms with E-state index >= 15 is 0 Å². The Balaban J connectivity index is 1.28. The highest BCUT2D eigenvalue weighted by atomic mass is 15.3. The minimum atomic E-state index is -0.897. The Hall–Kier alpha value is -6.30. The van der Waals surface area contributed by atoms with E-state index in [1.807, 2.05) is 0 Å². The fourth-order valence-corrected chi connectivity index (χ4v) is 7.36. The van der Waals surface area contributed by atoms with Gasteiger partial charge in [-0.3, -0.25) is 0 Å². The molecule has 4 aromatic carbocycles. The van der Waals surface area contributed by atoms with E-state index in [0.29, 0.717) is 29.7 Å². The zero-order valence-corrected chi connectivity index (χ0v) is 34.6. The Bertz CT molecular complexity index is 2210. The van der Waals surface area contributed by atoms with Crippen LogP contribution in [0.3, 0.4) is 0 Å². The number of nitrogens with zero attached hydrogens (tertiary/aromatic N) is 6. The second-order valence-electron chi connectivity index (χ2n) is 14.9. The number of aromatic nitrogens is 6. The minimum Gasteiger partial charge on any atom is -0.352 e. The third kappa shape index (κ3) is 9.49. The van der Waals surface area contributed by atoms with Crippen molar-refractivity contribution in [2.24, 2.45) is 0 Å². The van der Waals surface area contributed by atoms with Gasteiger partial charge in [0.25, 0.3) is 0 Å². The summed E-state index contributed by atoms with van der Waals surface area (Å²) in [6.45, 7) is 24.0. The van der Waals surface area contributed by atoms with Crippen molar-refractivity contribution >= 4 is 58.4 Å². The summed E-state index contributed by atoms with van der Waals surface area (Å²) in [6, 6.07) is 17.0. The molecule has 56 heavy (non-hydrogen) atoms. The van der Waals surface area contributed by atoms with Gasteiger partial charge >= 0.3 is 0 Å². The minimum absolute atomic E-state index is 0.123. The molecule has 0 spiro atoms. The van der Waals surface area contributed by atoms with Crippen molar-refractivity contribution in [1.82, 2.24) is 29.9 Å². The molecular formula is C44H54N12. The molecule has 1 unspecified atom stereocenters. The molecule has 0 aliphatic carbocycles. The Morgan fingerprint density at radius 2 is 0.554 bits per heavy atom. The van der Waals surface area contributed by atoms with Gasteiger partial charge in [0.15, 0.2) is 0 Å². The van der Waals surface area contributed by atoms with Gasteiger partial charge in [0.05, 0.1) is 1.37 Å². The fraction of sp³-hybridized carbons (Fsp3) is 0.318. The molecule has 6 rings (SSSR count). The third-order valence-electron chi connectivity index (χ3n) is 9.52. The molecule has 0 aliphatic heterocycles. The van der Waals surface area contributed by atoms with Gasteiger partial charge in [0.2, 0.25) is 35.7 Å². The van der Waals surface area contributed by atoms with E-state index in [2.05, 4.69) is 164 Å². The van der Waals surface area contributed by atoms with Crippen molar-refractivity contribution in [3.8, 4) is 0 Å². The van der Waals surface area contributed by atoms with E-state index in [-0.39, 0.29) is 12.5 Å². The topological polar surface area (TPSA) is 150 Å². The van der Waals surface area contributed by atoms with Crippen LogP contribution in [-0.4, -0.2) is 43.0 Å². The van der Waals surface area contributed by atoms with E-state index in [1.165, 1.54) is 22.3 Å². The second kappa shape index (κ2) is 16.6. The SMILES string of the molecule is [3H]C(CNc1nc(Nc2c(C)cc(C)cc2C)nc(Nc2c(C)cc(C)cc2C)n1)Nc1nc(Nc2c(C)cc(C)cc2C)nc(Nc2c(C)cc(C)cc2C)n1. The van der Waals surface area contributed by atoms with Crippen molar-refractivity contribution in [2.75, 3.05) is 45.0 Å². The van der Waals surface area contributed by atoms with Crippen LogP contribution >= 0.6 is 0 Å². The van der Waals surface area contributed by atoms with E-state index in [4.69, 9.17) is 31.3 Å². The summed E-state index contributed by atoms with van der Waals surface area (Å²) in [4.78, 5) is 28.4. The van der Waals surface area contributed by atoms with Crippen LogP contribution < -0.4 is 31.9 Å². The summed E-state index contributed by atoms with van der Waals surface area (Å²) in [5.74, 6) is 1.97. The maximum absolute atomic E-state index is 9.03. The van der Waals surface area contributed by atoms with Crippen LogP contribution in [0.2, 0.25) is 0 Å². The van der Waals surface area contributed by atoms with Crippen LogP contribution in [0, 0.1) is 83.1 Å². The number of hydrogen-bond donors (Lipinski definition) is 6. The summed E-state index contributed by atoms with van der Waals surface area (Å²) in [6.07, 6.45) is 0. The first kappa shape index (κ1) is 38.0. The van der Waals surface area contributed by atoms with Gasteiger partial charge in [-0.1, -0.05) is 70.8 Å². The largest absolute Gasteiger partial charge is 0.352 e. The highest BCUT2D eigenvalue weighted by Crippen LogP contribution is 2.30. The molecule has 0 saturated heterocycles. The van der Waals surface area contributed by atoms with Crippen molar-refractivity contribution < 1.29 is 1.37 Å². The lowest BCUT2D eigenvalue weighted by molar-refractivity contribution is 0.970. The first-order valence-electron chi connectivity index (χ1n) is 19.4. The maximum Gasteiger partial charge on any atom is 0.233 e. The maximum atomic E-state index is 9.03. The van der Waals surface area contributed by atoms with Crippen LogP contribution in [0.25, 0.3) is 0 Å². The Labute approximate surface area is 332 Å². The number of aryl methyl sites for hydroxylation is 12. The zero-order chi connectivity index (χ0) is 41.1. The lowest BCUT2D eigenvalue weighted by Crippen LogP contribution is -2.18. The number of hydrogen-bond acceptors (Lipinski definition) is 12. The molecule has 0 radical (unpaired) electrons. The van der Waals surface area contributed by atoms with E-state index in [1.54, 1.807) is 0 Å². The average Bonchev–Trinajstić information content (AvgIpc) is 3.10. The molecule has 6 N–H and O–H groups in total. The van der Waals surface area contributed by atoms with Gasteiger partial charge in [-0.25, -0.2) is 0 Å². The summed E-state index contributed by atoms with van der Waals surface area (Å²) < 4.78 is 9.03. The van der Waals surface area contributed by atoms with Gasteiger partial charge in [-0.15, -0.1) is 0 Å². The molecule has 1 atom stereocenters. The number of anilines is 10. The van der Waals surface area contributed by atoms with Gasteiger partial charge in [-0.2, -0.15) is 29.9 Å². The lowest BCUT2D eigenvalue weighted by Gasteiger charge is -2.17. The van der Waals surface area contributed by atoms with Gasteiger partial charge in [0, 0.05) is 35.8 Å². The highest BCUT2D eigenvalue weighted by Gasteiger charge is 2.15. The van der Waals surface area contributed by atoms with Crippen molar-refractivity contribution in [3.05, 3.63) is 115 Å². The normalized spacial score (nSPS) is 11.8. The van der Waals surface area contributed by atoms with Crippen molar-refractivity contribution in [1.29, 1.82) is 0 Å². The van der Waals surface area contributed by atoms with Gasteiger partial charge in [0.1, 0.15) is 0 Å². The van der Waals surface area contributed by atoms with Crippen molar-refractivity contribution in [2.45, 2.75) is 83.1 Å². The molecule has 290 valence electrons. The van der Waals surface area contributed by atoms with Crippen LogP contribution in [0.4, 0.5) is 58.4 Å². The summed E-state index contributed by atoms with van der Waals surface area (Å²) in [5, 5.41) is 20.1. The summed E-state index contributed by atoms with van der Waals surface area (Å²) >= 11 is 0. The zero-order valence-electron chi connectivity index (χ0n) is 35.6. The summed E-state index contributed by atoms with van der Waals surface area (Å²) in [5.41, 5.74) is 17.0. The molecule has 0 aliphatic rings. The van der Waals surface area contributed by atoms with Crippen LogP contribution in [0.5, 0.6) is 0 Å². The number of nitrogens with one attached hydrogen (secondary N) is 6. The van der Waals surface area contributed by atoms with E-state index in [9.17, 15) is 0 Å². The lowest BCUT2D eigenvalue weighted by atomic mass is 10.1. The third-order valence-corrected chi connectivity index (χ3v) is 9.52. The second-order valence-corrected chi connectivity index (χ2v) is 14.9. The summed E-state index contributed by atoms with van der Waals surface area (Å²) in [7, 11) is 0. The smallest absolute Gasteiger partial charge is 0.233 e. The molecule has 12 nitrogen and oxygen atoms in total. The molecule has 0 saturated carbocycles. The Kier molecular flexibility index (Phi) is 11.3. The Morgan fingerprint density at radius 1 is 0.339 bits per heavy atom. The molecule has 12 heteroatoms. The predicted octanol–water partition coefficient (Wildman–Crippen LogP) is 10.3. The Morgan fingerprint density at radius 3 is 0.804 bits per heavy atom. The fourth-order valence-electron chi connectivity index (χ4n) is 7.36. The van der Waals surface area contributed by atoms with Crippen LogP contribution in [0.1, 0.15) is 68.1 Å². The monoisotopic (exact) mass is 752 g/mol. The van der Waals surface area contributed by atoms with Gasteiger partial charge < -0.3 is 31.9 Å². The van der Waals surface area contributed by atoms with Crippen LogP contribution in [-0.2, 0) is 0 Å². The first-order chi connectivity index (χ1) is 27.0.